The summed E-state index contributed by atoms with van der Waals surface area (Å²) in [5, 5.41) is 3.13. The van der Waals surface area contributed by atoms with E-state index in [9.17, 15) is 9.59 Å². The van der Waals surface area contributed by atoms with Crippen LogP contribution in [0.2, 0.25) is 0 Å². The van der Waals surface area contributed by atoms with Crippen molar-refractivity contribution in [3.63, 3.8) is 0 Å². The molecule has 2 rings (SSSR count). The minimum atomic E-state index is -0.430. The van der Waals surface area contributed by atoms with E-state index in [0.717, 1.165) is 19.3 Å². The number of carbonyl (C=O) groups is 2. The Bertz CT molecular complexity index is 585. The monoisotopic (exact) mass is 408 g/mol. The van der Waals surface area contributed by atoms with Crippen molar-refractivity contribution in [1.82, 2.24) is 10.2 Å². The molecule has 1 aliphatic heterocycles. The Kier molecular flexibility index (Phi) is 7.80. The fraction of sp³-hybridized carbons (Fsp3) is 0.917. The third-order valence-corrected chi connectivity index (χ3v) is 7.98. The van der Waals surface area contributed by atoms with Crippen LogP contribution < -0.4 is 5.32 Å². The first-order chi connectivity index (χ1) is 13.4. The molecule has 168 valence electrons. The number of esters is 1. The van der Waals surface area contributed by atoms with Crippen molar-refractivity contribution >= 4 is 11.9 Å². The molecule has 1 saturated carbocycles. The van der Waals surface area contributed by atoms with Gasteiger partial charge >= 0.3 is 5.97 Å². The van der Waals surface area contributed by atoms with Crippen LogP contribution >= 0.6 is 0 Å². The Labute approximate surface area is 178 Å². The Morgan fingerprint density at radius 3 is 2.31 bits per heavy atom. The van der Waals surface area contributed by atoms with Crippen LogP contribution in [0.1, 0.15) is 87.0 Å². The third kappa shape index (κ3) is 5.34. The Morgan fingerprint density at radius 1 is 1.14 bits per heavy atom. The van der Waals surface area contributed by atoms with E-state index in [-0.39, 0.29) is 29.4 Å². The van der Waals surface area contributed by atoms with E-state index in [0.29, 0.717) is 30.2 Å². The molecule has 29 heavy (non-hydrogen) atoms. The second-order valence-corrected chi connectivity index (χ2v) is 11.0. The van der Waals surface area contributed by atoms with Gasteiger partial charge in [-0.2, -0.15) is 0 Å². The summed E-state index contributed by atoms with van der Waals surface area (Å²) < 4.78 is 5.88. The number of nitrogens with zero attached hydrogens (tertiary/aromatic N) is 1. The smallest absolute Gasteiger partial charge is 0.329 e. The van der Waals surface area contributed by atoms with Crippen molar-refractivity contribution in [2.24, 2.45) is 22.7 Å². The second-order valence-electron chi connectivity index (χ2n) is 11.0. The fourth-order valence-corrected chi connectivity index (χ4v) is 5.20. The maximum atomic E-state index is 13.0. The number of amides is 1. The summed E-state index contributed by atoms with van der Waals surface area (Å²) in [7, 11) is 1.82. The molecule has 1 N–H and O–H groups in total. The summed E-state index contributed by atoms with van der Waals surface area (Å²) in [6.07, 6.45) is 5.53. The van der Waals surface area contributed by atoms with Crippen LogP contribution in [0.3, 0.4) is 0 Å². The average Bonchev–Trinajstić information content (AvgIpc) is 3.18. The number of ether oxygens (including phenoxy) is 1. The van der Waals surface area contributed by atoms with E-state index < -0.39 is 6.04 Å². The van der Waals surface area contributed by atoms with Crippen LogP contribution in [0, 0.1) is 22.7 Å². The topological polar surface area (TPSA) is 58.6 Å². The molecule has 5 heteroatoms. The fourth-order valence-electron chi connectivity index (χ4n) is 5.20. The number of hydrogen-bond donors (Lipinski definition) is 1. The van der Waals surface area contributed by atoms with E-state index >= 15 is 0 Å². The largest absolute Gasteiger partial charge is 0.461 e. The maximum absolute atomic E-state index is 13.0. The summed E-state index contributed by atoms with van der Waals surface area (Å²) in [6.45, 7) is 16.3. The van der Waals surface area contributed by atoms with Gasteiger partial charge in [-0.1, -0.05) is 41.5 Å². The van der Waals surface area contributed by atoms with Crippen LogP contribution in [0.25, 0.3) is 0 Å². The first kappa shape index (κ1) is 24.2. The number of carbonyl (C=O) groups excluding carboxylic acids is 2. The number of nitrogens with one attached hydrogen (secondary N) is 1. The first-order valence-electron chi connectivity index (χ1n) is 11.6. The molecule has 0 spiro atoms. The zero-order valence-electron chi connectivity index (χ0n) is 20.0. The predicted octanol–water partition coefficient (Wildman–Crippen LogP) is 4.40. The van der Waals surface area contributed by atoms with Gasteiger partial charge < -0.3 is 15.0 Å². The summed E-state index contributed by atoms with van der Waals surface area (Å²) in [6, 6.07) is -0.664. The molecule has 4 atom stereocenters. The van der Waals surface area contributed by atoms with Crippen LogP contribution in [-0.4, -0.2) is 48.6 Å². The van der Waals surface area contributed by atoms with Gasteiger partial charge in [0.2, 0.25) is 5.91 Å². The molecular formula is C24H44N2O3. The summed E-state index contributed by atoms with van der Waals surface area (Å²) in [5.41, 5.74) is 0.550. The first-order valence-corrected chi connectivity index (χ1v) is 11.6. The number of likely N-dealkylation sites (N-methyl/N-ethyl adjacent to an activating group) is 1. The van der Waals surface area contributed by atoms with Crippen molar-refractivity contribution in [2.45, 2.75) is 105 Å². The van der Waals surface area contributed by atoms with Gasteiger partial charge in [-0.05, 0) is 75.2 Å². The van der Waals surface area contributed by atoms with Crippen molar-refractivity contribution in [2.75, 3.05) is 13.6 Å². The molecule has 0 aromatic heterocycles. The van der Waals surface area contributed by atoms with Gasteiger partial charge in [-0.3, -0.25) is 4.79 Å². The van der Waals surface area contributed by atoms with Crippen LogP contribution in [0.5, 0.6) is 0 Å². The van der Waals surface area contributed by atoms with E-state index in [1.165, 1.54) is 12.8 Å². The lowest BCUT2D eigenvalue weighted by Gasteiger charge is -2.40. The van der Waals surface area contributed by atoms with Gasteiger partial charge in [0.05, 0.1) is 12.1 Å². The summed E-state index contributed by atoms with van der Waals surface area (Å²) in [4.78, 5) is 27.7. The molecule has 1 aliphatic carbocycles. The van der Waals surface area contributed by atoms with Crippen LogP contribution in [0.15, 0.2) is 0 Å². The van der Waals surface area contributed by atoms with Gasteiger partial charge in [0.15, 0.2) is 0 Å². The van der Waals surface area contributed by atoms with Gasteiger partial charge in [0.25, 0.3) is 0 Å². The SMILES string of the molecule is CN[C@@H](CC(C)C)C(=O)N1CCCC1C(=O)OC(C)CC1CCC(C)(C)C1(C)C. The van der Waals surface area contributed by atoms with E-state index in [4.69, 9.17) is 4.74 Å². The third-order valence-electron chi connectivity index (χ3n) is 7.98. The molecule has 3 unspecified atom stereocenters. The molecule has 1 amide bonds. The molecule has 0 bridgehead atoms. The zero-order chi connectivity index (χ0) is 22.0. The summed E-state index contributed by atoms with van der Waals surface area (Å²) >= 11 is 0. The molecule has 0 radical (unpaired) electrons. The lowest BCUT2D eigenvalue weighted by atomic mass is 9.66. The van der Waals surface area contributed by atoms with Gasteiger partial charge in [0.1, 0.15) is 6.04 Å². The molecule has 0 aromatic rings. The van der Waals surface area contributed by atoms with Crippen LogP contribution in [0.4, 0.5) is 0 Å². The van der Waals surface area contributed by atoms with Crippen molar-refractivity contribution in [1.29, 1.82) is 0 Å². The van der Waals surface area contributed by atoms with Gasteiger partial charge in [-0.15, -0.1) is 0 Å². The highest BCUT2D eigenvalue weighted by Gasteiger charge is 2.48. The Hall–Kier alpha value is -1.10. The molecule has 2 aliphatic rings. The van der Waals surface area contributed by atoms with Gasteiger partial charge in [-0.25, -0.2) is 4.79 Å². The van der Waals surface area contributed by atoms with Gasteiger partial charge in [0, 0.05) is 6.54 Å². The molecular weight excluding hydrogens is 364 g/mol. The zero-order valence-corrected chi connectivity index (χ0v) is 20.0. The maximum Gasteiger partial charge on any atom is 0.329 e. The Morgan fingerprint density at radius 2 is 1.79 bits per heavy atom. The molecule has 1 saturated heterocycles. The minimum absolute atomic E-state index is 0.0342. The van der Waals surface area contributed by atoms with E-state index in [1.54, 1.807) is 4.90 Å². The number of hydrogen-bond acceptors (Lipinski definition) is 4. The standard InChI is InChI=1S/C24H44N2O3/c1-16(2)14-19(25-8)21(27)26-13-9-10-20(26)22(28)29-17(3)15-18-11-12-23(4,5)24(18,6)7/h16-20,25H,9-15H2,1-8H3/t17?,18?,19-,20?/m0/s1. The molecule has 2 fully saturated rings. The van der Waals surface area contributed by atoms with Crippen molar-refractivity contribution < 1.29 is 14.3 Å². The molecule has 5 nitrogen and oxygen atoms in total. The average molecular weight is 409 g/mol. The van der Waals surface area contributed by atoms with Crippen molar-refractivity contribution in [3.05, 3.63) is 0 Å². The predicted molar refractivity (Wildman–Crippen MR) is 117 cm³/mol. The highest BCUT2D eigenvalue weighted by atomic mass is 16.5. The normalized spacial score (nSPS) is 27.8. The molecule has 0 aromatic carbocycles. The van der Waals surface area contributed by atoms with E-state index in [1.807, 2.05) is 14.0 Å². The highest BCUT2D eigenvalue weighted by molar-refractivity contribution is 5.88. The number of likely N-dealkylation sites (tertiary alicyclic amines) is 1. The second kappa shape index (κ2) is 9.36. The van der Waals surface area contributed by atoms with E-state index in [2.05, 4.69) is 46.9 Å². The molecule has 1 heterocycles. The summed E-state index contributed by atoms with van der Waals surface area (Å²) in [5.74, 6) is 0.787. The van der Waals surface area contributed by atoms with Crippen LogP contribution in [-0.2, 0) is 14.3 Å². The van der Waals surface area contributed by atoms with Crippen molar-refractivity contribution in [3.8, 4) is 0 Å². The highest BCUT2D eigenvalue weighted by Crippen LogP contribution is 2.57. The Balaban J connectivity index is 1.96. The lowest BCUT2D eigenvalue weighted by molar-refractivity contribution is -0.159. The minimum Gasteiger partial charge on any atom is -0.461 e. The lowest BCUT2D eigenvalue weighted by Crippen LogP contribution is -2.50. The number of rotatable bonds is 8. The quantitative estimate of drug-likeness (QED) is 0.605.